The zero-order valence-electron chi connectivity index (χ0n) is 11.0. The molecule has 1 saturated carbocycles. The predicted octanol–water partition coefficient (Wildman–Crippen LogP) is 3.43. The van der Waals surface area contributed by atoms with Crippen molar-refractivity contribution in [1.82, 2.24) is 10.5 Å². The van der Waals surface area contributed by atoms with Crippen LogP contribution in [0, 0.1) is 12.8 Å². The first-order valence-electron chi connectivity index (χ1n) is 6.93. The fraction of sp³-hybridized carbons (Fsp3) is 0.786. The quantitative estimate of drug-likeness (QED) is 0.851. The zero-order chi connectivity index (χ0) is 12.1. The molecule has 1 aromatic heterocycles. The van der Waals surface area contributed by atoms with Crippen molar-refractivity contribution in [3.05, 3.63) is 17.5 Å². The van der Waals surface area contributed by atoms with Crippen LogP contribution in [-0.2, 0) is 6.54 Å². The summed E-state index contributed by atoms with van der Waals surface area (Å²) in [6.45, 7) is 5.07. The highest BCUT2D eigenvalue weighted by Crippen LogP contribution is 2.27. The van der Waals surface area contributed by atoms with Gasteiger partial charge in [0.15, 0.2) is 5.76 Å². The van der Waals surface area contributed by atoms with Crippen LogP contribution in [0.1, 0.15) is 56.9 Å². The summed E-state index contributed by atoms with van der Waals surface area (Å²) in [5, 5.41) is 7.48. The zero-order valence-corrected chi connectivity index (χ0v) is 11.0. The second-order valence-corrected chi connectivity index (χ2v) is 5.32. The van der Waals surface area contributed by atoms with Crippen molar-refractivity contribution in [2.75, 3.05) is 0 Å². The average Bonchev–Trinajstić information content (AvgIpc) is 2.75. The molecule has 0 bridgehead atoms. The summed E-state index contributed by atoms with van der Waals surface area (Å²) in [4.78, 5) is 0. The molecular weight excluding hydrogens is 212 g/mol. The monoisotopic (exact) mass is 236 g/mol. The van der Waals surface area contributed by atoms with Crippen LogP contribution < -0.4 is 5.32 Å². The minimum atomic E-state index is 0.675. The van der Waals surface area contributed by atoms with Crippen molar-refractivity contribution in [3.63, 3.8) is 0 Å². The van der Waals surface area contributed by atoms with Gasteiger partial charge in [0.1, 0.15) is 0 Å². The van der Waals surface area contributed by atoms with E-state index in [9.17, 15) is 0 Å². The summed E-state index contributed by atoms with van der Waals surface area (Å²) in [5.41, 5.74) is 0.966. The van der Waals surface area contributed by atoms with Crippen LogP contribution >= 0.6 is 0 Å². The van der Waals surface area contributed by atoms with Crippen LogP contribution in [0.4, 0.5) is 0 Å². The van der Waals surface area contributed by atoms with Gasteiger partial charge in [0.2, 0.25) is 0 Å². The van der Waals surface area contributed by atoms with Crippen molar-refractivity contribution in [1.29, 1.82) is 0 Å². The Morgan fingerprint density at radius 3 is 2.71 bits per heavy atom. The molecule has 2 rings (SSSR count). The van der Waals surface area contributed by atoms with E-state index in [1.165, 1.54) is 38.5 Å². The summed E-state index contributed by atoms with van der Waals surface area (Å²) in [5.74, 6) is 1.93. The Morgan fingerprint density at radius 1 is 1.35 bits per heavy atom. The topological polar surface area (TPSA) is 38.1 Å². The molecule has 96 valence electrons. The van der Waals surface area contributed by atoms with E-state index in [4.69, 9.17) is 4.52 Å². The van der Waals surface area contributed by atoms with Crippen LogP contribution in [0.2, 0.25) is 0 Å². The predicted molar refractivity (Wildman–Crippen MR) is 68.7 cm³/mol. The first kappa shape index (κ1) is 12.6. The van der Waals surface area contributed by atoms with Gasteiger partial charge in [0, 0.05) is 12.1 Å². The maximum absolute atomic E-state index is 5.20. The van der Waals surface area contributed by atoms with Crippen molar-refractivity contribution in [3.8, 4) is 0 Å². The molecular formula is C14H24N2O. The van der Waals surface area contributed by atoms with Crippen LogP contribution in [0.15, 0.2) is 10.6 Å². The maximum atomic E-state index is 5.20. The molecule has 1 fully saturated rings. The lowest BCUT2D eigenvalue weighted by Gasteiger charge is -2.28. The van der Waals surface area contributed by atoms with E-state index >= 15 is 0 Å². The number of rotatable bonds is 5. The minimum Gasteiger partial charge on any atom is -0.360 e. The molecule has 1 aromatic rings. The SMILES string of the molecule is CCCC1CCC(NCc2cc(C)no2)CC1. The Morgan fingerprint density at radius 2 is 2.12 bits per heavy atom. The third-order valence-corrected chi connectivity index (χ3v) is 3.79. The summed E-state index contributed by atoms with van der Waals surface area (Å²) < 4.78 is 5.20. The highest BCUT2D eigenvalue weighted by atomic mass is 16.5. The van der Waals surface area contributed by atoms with Crippen LogP contribution in [0.3, 0.4) is 0 Å². The van der Waals surface area contributed by atoms with Crippen molar-refractivity contribution >= 4 is 0 Å². The molecule has 0 saturated heterocycles. The second kappa shape index (κ2) is 6.20. The summed E-state index contributed by atoms with van der Waals surface area (Å²) in [6.07, 6.45) is 8.16. The van der Waals surface area contributed by atoms with Crippen LogP contribution in [0.25, 0.3) is 0 Å². The molecule has 17 heavy (non-hydrogen) atoms. The van der Waals surface area contributed by atoms with Gasteiger partial charge in [-0.1, -0.05) is 24.9 Å². The number of hydrogen-bond acceptors (Lipinski definition) is 3. The highest BCUT2D eigenvalue weighted by Gasteiger charge is 2.20. The lowest BCUT2D eigenvalue weighted by atomic mass is 9.83. The Hall–Kier alpha value is -0.830. The summed E-state index contributed by atoms with van der Waals surface area (Å²) >= 11 is 0. The van der Waals surface area contributed by atoms with Gasteiger partial charge in [-0.05, 0) is 38.5 Å². The summed E-state index contributed by atoms with van der Waals surface area (Å²) in [6, 6.07) is 2.68. The normalized spacial score (nSPS) is 25.1. The smallest absolute Gasteiger partial charge is 0.150 e. The number of aromatic nitrogens is 1. The number of hydrogen-bond donors (Lipinski definition) is 1. The molecule has 0 unspecified atom stereocenters. The van der Waals surface area contributed by atoms with Gasteiger partial charge in [0.25, 0.3) is 0 Å². The molecule has 1 N–H and O–H groups in total. The molecule has 3 nitrogen and oxygen atoms in total. The second-order valence-electron chi connectivity index (χ2n) is 5.32. The molecule has 0 atom stereocenters. The van der Waals surface area contributed by atoms with E-state index in [0.717, 1.165) is 23.9 Å². The molecule has 0 spiro atoms. The largest absolute Gasteiger partial charge is 0.360 e. The third kappa shape index (κ3) is 3.84. The number of aryl methyl sites for hydroxylation is 1. The Balaban J connectivity index is 1.68. The van der Waals surface area contributed by atoms with E-state index in [1.54, 1.807) is 0 Å². The Bertz CT molecular complexity index is 327. The van der Waals surface area contributed by atoms with Crippen molar-refractivity contribution < 1.29 is 4.52 Å². The standard InChI is InChI=1S/C14H24N2O/c1-3-4-12-5-7-13(8-6-12)15-10-14-9-11(2)16-17-14/h9,12-13,15H,3-8,10H2,1-2H3. The molecule has 0 aliphatic heterocycles. The molecule has 0 aromatic carbocycles. The lowest BCUT2D eigenvalue weighted by molar-refractivity contribution is 0.269. The van der Waals surface area contributed by atoms with Crippen molar-refractivity contribution in [2.45, 2.75) is 65.0 Å². The molecule has 1 aliphatic carbocycles. The van der Waals surface area contributed by atoms with Gasteiger partial charge < -0.3 is 9.84 Å². The fourth-order valence-corrected chi connectivity index (χ4v) is 2.81. The Kier molecular flexibility index (Phi) is 4.60. The van der Waals surface area contributed by atoms with Gasteiger partial charge in [-0.15, -0.1) is 0 Å². The van der Waals surface area contributed by atoms with Gasteiger partial charge in [-0.2, -0.15) is 0 Å². The average molecular weight is 236 g/mol. The lowest BCUT2D eigenvalue weighted by Crippen LogP contribution is -2.32. The minimum absolute atomic E-state index is 0.675. The van der Waals surface area contributed by atoms with Gasteiger partial charge in [-0.3, -0.25) is 0 Å². The summed E-state index contributed by atoms with van der Waals surface area (Å²) in [7, 11) is 0. The number of nitrogens with zero attached hydrogens (tertiary/aromatic N) is 1. The van der Waals surface area contributed by atoms with E-state index in [1.807, 2.05) is 13.0 Å². The number of nitrogens with one attached hydrogen (secondary N) is 1. The van der Waals surface area contributed by atoms with Gasteiger partial charge in [-0.25, -0.2) is 0 Å². The van der Waals surface area contributed by atoms with E-state index < -0.39 is 0 Å². The van der Waals surface area contributed by atoms with E-state index in [2.05, 4.69) is 17.4 Å². The van der Waals surface area contributed by atoms with Gasteiger partial charge >= 0.3 is 0 Å². The first-order valence-corrected chi connectivity index (χ1v) is 6.93. The van der Waals surface area contributed by atoms with Crippen molar-refractivity contribution in [2.24, 2.45) is 5.92 Å². The van der Waals surface area contributed by atoms with Crippen LogP contribution in [-0.4, -0.2) is 11.2 Å². The fourth-order valence-electron chi connectivity index (χ4n) is 2.81. The molecule has 3 heteroatoms. The van der Waals surface area contributed by atoms with Crippen LogP contribution in [0.5, 0.6) is 0 Å². The molecule has 0 radical (unpaired) electrons. The molecule has 1 aliphatic rings. The van der Waals surface area contributed by atoms with Gasteiger partial charge in [0.05, 0.1) is 12.2 Å². The van der Waals surface area contributed by atoms with E-state index in [-0.39, 0.29) is 0 Å². The Labute approximate surface area is 104 Å². The molecule has 0 amide bonds. The maximum Gasteiger partial charge on any atom is 0.150 e. The third-order valence-electron chi connectivity index (χ3n) is 3.79. The van der Waals surface area contributed by atoms with E-state index in [0.29, 0.717) is 6.04 Å². The first-order chi connectivity index (χ1) is 8.28. The highest BCUT2D eigenvalue weighted by molar-refractivity contribution is 5.02. The molecule has 1 heterocycles.